The number of amides is 1. The van der Waals surface area contributed by atoms with Crippen molar-refractivity contribution in [3.63, 3.8) is 0 Å². The molecule has 1 amide bonds. The van der Waals surface area contributed by atoms with Crippen LogP contribution in [-0.4, -0.2) is 32.7 Å². The summed E-state index contributed by atoms with van der Waals surface area (Å²) in [5, 5.41) is 12.0. The van der Waals surface area contributed by atoms with Crippen molar-refractivity contribution in [2.24, 2.45) is 0 Å². The lowest BCUT2D eigenvalue weighted by molar-refractivity contribution is -0.115. The van der Waals surface area contributed by atoms with Crippen LogP contribution in [0.3, 0.4) is 0 Å². The molecule has 1 N–H and O–H groups in total. The summed E-state index contributed by atoms with van der Waals surface area (Å²) < 4.78 is 18.2. The molecule has 33 heavy (non-hydrogen) atoms. The number of hydrogen-bond donors (Lipinski definition) is 1. The maximum Gasteiger partial charge on any atom is 0.237 e. The maximum atomic E-state index is 12.9. The molecule has 8 nitrogen and oxygen atoms in total. The van der Waals surface area contributed by atoms with Crippen molar-refractivity contribution in [3.05, 3.63) is 72.2 Å². The fourth-order valence-corrected chi connectivity index (χ4v) is 4.38. The molecule has 9 heteroatoms. The van der Waals surface area contributed by atoms with Crippen LogP contribution < -0.4 is 14.8 Å². The number of aromatic nitrogens is 3. The Balaban J connectivity index is 1.37. The average Bonchev–Trinajstić information content (AvgIpc) is 3.55. The Hall–Kier alpha value is -3.72. The third-order valence-electron chi connectivity index (χ3n) is 5.29. The molecule has 0 radical (unpaired) electrons. The third-order valence-corrected chi connectivity index (χ3v) is 6.37. The number of fused-ring (bicyclic) bond motifs is 1. The zero-order chi connectivity index (χ0) is 22.8. The molecule has 1 atom stereocenters. The summed E-state index contributed by atoms with van der Waals surface area (Å²) in [5.74, 6) is 2.62. The zero-order valence-electron chi connectivity index (χ0n) is 18.1. The van der Waals surface area contributed by atoms with Crippen molar-refractivity contribution in [1.82, 2.24) is 14.8 Å². The highest BCUT2D eigenvalue weighted by atomic mass is 32.2. The summed E-state index contributed by atoms with van der Waals surface area (Å²) >= 11 is 1.36. The van der Waals surface area contributed by atoms with Crippen molar-refractivity contribution in [1.29, 1.82) is 0 Å². The monoisotopic (exact) mass is 462 g/mol. The molecular formula is C24H22N4O4S. The Morgan fingerprint density at radius 3 is 2.73 bits per heavy atom. The van der Waals surface area contributed by atoms with Gasteiger partial charge in [0.15, 0.2) is 22.5 Å². The Kier molecular flexibility index (Phi) is 5.78. The van der Waals surface area contributed by atoms with E-state index in [1.54, 1.807) is 24.5 Å². The summed E-state index contributed by atoms with van der Waals surface area (Å²) in [6.07, 6.45) is 1.64. The highest BCUT2D eigenvalue weighted by molar-refractivity contribution is 8.00. The standard InChI is InChI=1S/C24H22N4O4S/c1-15-19(10-11-30-15)22-26-27-24(28(22)13-17-6-4-3-5-7-17)33-16(2)23(29)25-18-8-9-20-21(12-18)32-14-31-20/h3-12,16H,13-14H2,1-2H3,(H,25,29)/t16-/m0/s1. The number of furan rings is 1. The molecule has 168 valence electrons. The van der Waals surface area contributed by atoms with Gasteiger partial charge in [-0.05, 0) is 37.6 Å². The first kappa shape index (κ1) is 21.1. The van der Waals surface area contributed by atoms with E-state index in [9.17, 15) is 4.79 Å². The number of aryl methyl sites for hydroxylation is 1. The number of anilines is 1. The SMILES string of the molecule is Cc1occc1-c1nnc(S[C@@H](C)C(=O)Nc2ccc3c(c2)OCO3)n1Cc1ccccc1. The second kappa shape index (κ2) is 9.03. The van der Waals surface area contributed by atoms with Gasteiger partial charge in [-0.2, -0.15) is 0 Å². The van der Waals surface area contributed by atoms with E-state index in [1.807, 2.05) is 42.7 Å². The van der Waals surface area contributed by atoms with Gasteiger partial charge in [-0.1, -0.05) is 42.1 Å². The van der Waals surface area contributed by atoms with Gasteiger partial charge >= 0.3 is 0 Å². The number of rotatable bonds is 7. The highest BCUT2D eigenvalue weighted by Crippen LogP contribution is 2.35. The van der Waals surface area contributed by atoms with E-state index in [2.05, 4.69) is 27.6 Å². The van der Waals surface area contributed by atoms with Crippen LogP contribution in [0.25, 0.3) is 11.4 Å². The van der Waals surface area contributed by atoms with E-state index in [4.69, 9.17) is 13.9 Å². The molecule has 2 aromatic heterocycles. The fourth-order valence-electron chi connectivity index (χ4n) is 3.53. The normalized spacial score (nSPS) is 13.2. The van der Waals surface area contributed by atoms with Crippen LogP contribution in [-0.2, 0) is 11.3 Å². The number of thioether (sulfide) groups is 1. The fraction of sp³-hybridized carbons (Fsp3) is 0.208. The summed E-state index contributed by atoms with van der Waals surface area (Å²) in [5.41, 5.74) is 2.64. The largest absolute Gasteiger partial charge is 0.469 e. The van der Waals surface area contributed by atoms with Gasteiger partial charge in [0.1, 0.15) is 5.76 Å². The van der Waals surface area contributed by atoms with Crippen LogP contribution >= 0.6 is 11.8 Å². The van der Waals surface area contributed by atoms with E-state index in [0.29, 0.717) is 34.7 Å². The van der Waals surface area contributed by atoms with Gasteiger partial charge in [-0.25, -0.2) is 0 Å². The van der Waals surface area contributed by atoms with Gasteiger partial charge < -0.3 is 19.2 Å². The van der Waals surface area contributed by atoms with E-state index in [1.165, 1.54) is 11.8 Å². The second-order valence-corrected chi connectivity index (χ2v) is 8.89. The summed E-state index contributed by atoms with van der Waals surface area (Å²) in [6, 6.07) is 17.3. The summed E-state index contributed by atoms with van der Waals surface area (Å²) in [4.78, 5) is 12.9. The molecule has 0 spiro atoms. The molecule has 0 aliphatic carbocycles. The molecule has 1 aliphatic rings. The van der Waals surface area contributed by atoms with Crippen molar-refractivity contribution in [3.8, 4) is 22.9 Å². The van der Waals surface area contributed by atoms with Gasteiger partial charge in [-0.3, -0.25) is 9.36 Å². The Bertz CT molecular complexity index is 1280. The van der Waals surface area contributed by atoms with Crippen molar-refractivity contribution < 1.29 is 18.7 Å². The predicted octanol–water partition coefficient (Wildman–Crippen LogP) is 4.74. The highest BCUT2D eigenvalue weighted by Gasteiger charge is 2.23. The molecule has 0 bridgehead atoms. The predicted molar refractivity (Wildman–Crippen MR) is 125 cm³/mol. The molecule has 0 fully saturated rings. The molecule has 0 saturated carbocycles. The number of carbonyl (C=O) groups is 1. The van der Waals surface area contributed by atoms with Crippen LogP contribution in [0.4, 0.5) is 5.69 Å². The number of carbonyl (C=O) groups excluding carboxylic acids is 1. The molecule has 5 rings (SSSR count). The molecule has 0 saturated heterocycles. The van der Waals surface area contributed by atoms with Gasteiger partial charge in [0.2, 0.25) is 12.7 Å². The van der Waals surface area contributed by atoms with Crippen LogP contribution in [0.1, 0.15) is 18.2 Å². The Morgan fingerprint density at radius 2 is 1.94 bits per heavy atom. The van der Waals surface area contributed by atoms with Gasteiger partial charge in [-0.15, -0.1) is 10.2 Å². The van der Waals surface area contributed by atoms with Crippen molar-refractivity contribution >= 4 is 23.4 Å². The maximum absolute atomic E-state index is 12.9. The summed E-state index contributed by atoms with van der Waals surface area (Å²) in [7, 11) is 0. The summed E-state index contributed by atoms with van der Waals surface area (Å²) in [6.45, 7) is 4.50. The molecule has 4 aromatic rings. The molecule has 3 heterocycles. The molecule has 2 aromatic carbocycles. The van der Waals surface area contributed by atoms with Crippen molar-refractivity contribution in [2.45, 2.75) is 30.8 Å². The Morgan fingerprint density at radius 1 is 1.12 bits per heavy atom. The number of ether oxygens (including phenoxy) is 2. The van der Waals surface area contributed by atoms with Crippen LogP contribution in [0.2, 0.25) is 0 Å². The lowest BCUT2D eigenvalue weighted by Gasteiger charge is -2.14. The second-order valence-electron chi connectivity index (χ2n) is 7.59. The van der Waals surface area contributed by atoms with E-state index < -0.39 is 5.25 Å². The van der Waals surface area contributed by atoms with E-state index >= 15 is 0 Å². The molecular weight excluding hydrogens is 440 g/mol. The minimum Gasteiger partial charge on any atom is -0.469 e. The first-order valence-electron chi connectivity index (χ1n) is 10.5. The zero-order valence-corrected chi connectivity index (χ0v) is 19.0. The van der Waals surface area contributed by atoms with Crippen LogP contribution in [0, 0.1) is 6.92 Å². The van der Waals surface area contributed by atoms with Crippen LogP contribution in [0.15, 0.2) is 70.4 Å². The van der Waals surface area contributed by atoms with Gasteiger partial charge in [0.05, 0.1) is 23.6 Å². The minimum absolute atomic E-state index is 0.144. The first-order valence-corrected chi connectivity index (χ1v) is 11.3. The lowest BCUT2D eigenvalue weighted by Crippen LogP contribution is -2.23. The number of nitrogens with zero attached hydrogens (tertiary/aromatic N) is 3. The van der Waals surface area contributed by atoms with Crippen molar-refractivity contribution in [2.75, 3.05) is 12.1 Å². The third kappa shape index (κ3) is 4.45. The van der Waals surface area contributed by atoms with E-state index in [-0.39, 0.29) is 12.7 Å². The molecule has 0 unspecified atom stereocenters. The minimum atomic E-state index is -0.410. The Labute approximate surface area is 194 Å². The lowest BCUT2D eigenvalue weighted by atomic mass is 10.2. The van der Waals surface area contributed by atoms with Crippen LogP contribution in [0.5, 0.6) is 11.5 Å². The molecule has 1 aliphatic heterocycles. The topological polar surface area (TPSA) is 91.4 Å². The average molecular weight is 463 g/mol. The quantitative estimate of drug-likeness (QED) is 0.397. The van der Waals surface area contributed by atoms with E-state index in [0.717, 1.165) is 16.9 Å². The smallest absolute Gasteiger partial charge is 0.237 e. The number of hydrogen-bond acceptors (Lipinski definition) is 7. The van der Waals surface area contributed by atoms with Gasteiger partial charge in [0, 0.05) is 11.8 Å². The van der Waals surface area contributed by atoms with Gasteiger partial charge in [0.25, 0.3) is 0 Å². The first-order chi connectivity index (χ1) is 16.1. The number of benzene rings is 2. The number of nitrogens with one attached hydrogen (secondary N) is 1.